The first kappa shape index (κ1) is 25.2. The molecule has 0 N–H and O–H groups in total. The molecule has 5 heterocycles. The van der Waals surface area contributed by atoms with E-state index in [4.69, 9.17) is 9.97 Å². The Balaban J connectivity index is 1.20. The molecule has 11 aromatic rings. The summed E-state index contributed by atoms with van der Waals surface area (Å²) in [5.41, 5.74) is 12.2. The van der Waals surface area contributed by atoms with Gasteiger partial charge in [-0.15, -0.1) is 11.3 Å². The minimum atomic E-state index is 0.835. The second-order valence-electron chi connectivity index (χ2n) is 12.2. The van der Waals surface area contributed by atoms with Gasteiger partial charge < -0.3 is 4.40 Å². The number of rotatable bonds is 3. The number of benzene rings is 6. The van der Waals surface area contributed by atoms with Crippen molar-refractivity contribution in [1.82, 2.24) is 18.9 Å². The number of fused-ring (bicyclic) bond motifs is 10. The first-order valence-electron chi connectivity index (χ1n) is 15.8. The fourth-order valence-corrected chi connectivity index (χ4v) is 8.58. The van der Waals surface area contributed by atoms with E-state index in [-0.39, 0.29) is 0 Å². The van der Waals surface area contributed by atoms with Gasteiger partial charge in [-0.3, -0.25) is 4.57 Å². The quantitative estimate of drug-likeness (QED) is 0.198. The van der Waals surface area contributed by atoms with E-state index in [2.05, 4.69) is 124 Å². The molecule has 0 spiro atoms. The number of aromatic nitrogens is 4. The molecule has 0 bridgehead atoms. The third-order valence-corrected chi connectivity index (χ3v) is 10.7. The summed E-state index contributed by atoms with van der Waals surface area (Å²) in [5.74, 6) is 0.835. The van der Waals surface area contributed by atoms with Gasteiger partial charge in [0.2, 0.25) is 0 Å². The van der Waals surface area contributed by atoms with Crippen LogP contribution in [0.25, 0.3) is 98.5 Å². The Morgan fingerprint density at radius 2 is 1.11 bits per heavy atom. The van der Waals surface area contributed by atoms with Crippen molar-refractivity contribution in [2.45, 2.75) is 0 Å². The smallest absolute Gasteiger partial charge is 0.165 e. The standard InChI is InChI=1S/C42H24N4S/c1-2-10-25(11-3-1)39-42(44-34-15-7-6-14-33(34)43-39)46-36-17-9-4-12-28(36)30-22-26(18-19-37(30)46)27-23-31-29-13-5-8-16-35(29)45-38-20-21-47-41(38)32(24-27)40(31)45/h1-24H. The lowest BCUT2D eigenvalue weighted by molar-refractivity contribution is 1.08. The summed E-state index contributed by atoms with van der Waals surface area (Å²) in [4.78, 5) is 10.5. The van der Waals surface area contributed by atoms with Crippen molar-refractivity contribution in [2.75, 3.05) is 0 Å². The zero-order valence-corrected chi connectivity index (χ0v) is 25.9. The van der Waals surface area contributed by atoms with Crippen LogP contribution in [0, 0.1) is 0 Å². The van der Waals surface area contributed by atoms with Gasteiger partial charge in [0, 0.05) is 32.5 Å². The van der Waals surface area contributed by atoms with Crippen molar-refractivity contribution in [1.29, 1.82) is 0 Å². The van der Waals surface area contributed by atoms with E-state index in [9.17, 15) is 0 Å². The average Bonchev–Trinajstić information content (AvgIpc) is 3.89. The van der Waals surface area contributed by atoms with Gasteiger partial charge in [-0.2, -0.15) is 0 Å². The molecular weight excluding hydrogens is 593 g/mol. The molecule has 0 atom stereocenters. The predicted molar refractivity (Wildman–Crippen MR) is 197 cm³/mol. The van der Waals surface area contributed by atoms with Crippen LogP contribution in [0.1, 0.15) is 0 Å². The molecule has 0 saturated heterocycles. The van der Waals surface area contributed by atoms with Crippen molar-refractivity contribution in [2.24, 2.45) is 0 Å². The van der Waals surface area contributed by atoms with Crippen LogP contribution in [0.4, 0.5) is 0 Å². The number of nitrogens with zero attached hydrogens (tertiary/aromatic N) is 4. The van der Waals surface area contributed by atoms with Gasteiger partial charge in [0.05, 0.1) is 43.3 Å². The van der Waals surface area contributed by atoms with Crippen molar-refractivity contribution < 1.29 is 0 Å². The molecule has 47 heavy (non-hydrogen) atoms. The fraction of sp³-hybridized carbons (Fsp3) is 0. The number of para-hydroxylation sites is 4. The van der Waals surface area contributed by atoms with Crippen molar-refractivity contribution in [3.05, 3.63) is 145 Å². The number of hydrogen-bond acceptors (Lipinski definition) is 3. The summed E-state index contributed by atoms with van der Waals surface area (Å²) in [6, 6.07) is 49.9. The molecule has 5 heteroatoms. The third kappa shape index (κ3) is 3.41. The number of hydrogen-bond donors (Lipinski definition) is 0. The Bertz CT molecular complexity index is 3020. The monoisotopic (exact) mass is 616 g/mol. The second kappa shape index (κ2) is 9.25. The van der Waals surface area contributed by atoms with Crippen molar-refractivity contribution >= 4 is 81.6 Å². The lowest BCUT2D eigenvalue weighted by Gasteiger charge is -2.14. The molecule has 6 aromatic carbocycles. The molecule has 11 rings (SSSR count). The summed E-state index contributed by atoms with van der Waals surface area (Å²) < 4.78 is 6.09. The highest BCUT2D eigenvalue weighted by molar-refractivity contribution is 7.18. The molecule has 4 nitrogen and oxygen atoms in total. The van der Waals surface area contributed by atoms with Crippen LogP contribution in [0.15, 0.2) is 145 Å². The minimum Gasteiger partial charge on any atom is -0.307 e. The molecule has 0 radical (unpaired) electrons. The second-order valence-corrected chi connectivity index (χ2v) is 13.2. The molecule has 0 unspecified atom stereocenters. The molecule has 218 valence electrons. The highest BCUT2D eigenvalue weighted by Crippen LogP contribution is 2.44. The predicted octanol–water partition coefficient (Wildman–Crippen LogP) is 11.3. The van der Waals surface area contributed by atoms with E-state index in [0.717, 1.165) is 39.1 Å². The van der Waals surface area contributed by atoms with E-state index in [1.807, 2.05) is 41.7 Å². The van der Waals surface area contributed by atoms with Gasteiger partial charge in [0.1, 0.15) is 5.69 Å². The summed E-state index contributed by atoms with van der Waals surface area (Å²) in [6.07, 6.45) is 0. The van der Waals surface area contributed by atoms with Gasteiger partial charge in [-0.25, -0.2) is 9.97 Å². The van der Waals surface area contributed by atoms with Gasteiger partial charge >= 0.3 is 0 Å². The lowest BCUT2D eigenvalue weighted by atomic mass is 9.99. The van der Waals surface area contributed by atoms with Gasteiger partial charge in [0.15, 0.2) is 5.82 Å². The van der Waals surface area contributed by atoms with Crippen molar-refractivity contribution in [3.63, 3.8) is 0 Å². The maximum absolute atomic E-state index is 5.28. The van der Waals surface area contributed by atoms with Crippen molar-refractivity contribution in [3.8, 4) is 28.2 Å². The molecule has 0 amide bonds. The Morgan fingerprint density at radius 3 is 1.96 bits per heavy atom. The summed E-state index contributed by atoms with van der Waals surface area (Å²) in [6.45, 7) is 0. The first-order valence-corrected chi connectivity index (χ1v) is 16.7. The summed E-state index contributed by atoms with van der Waals surface area (Å²) >= 11 is 1.83. The highest BCUT2D eigenvalue weighted by Gasteiger charge is 2.22. The maximum atomic E-state index is 5.28. The topological polar surface area (TPSA) is 35.1 Å². The van der Waals surface area contributed by atoms with Gasteiger partial charge in [-0.05, 0) is 71.1 Å². The Kier molecular flexibility index (Phi) is 4.96. The highest BCUT2D eigenvalue weighted by atomic mass is 32.1. The molecule has 0 aliphatic carbocycles. The first-order chi connectivity index (χ1) is 23.3. The summed E-state index contributed by atoms with van der Waals surface area (Å²) in [7, 11) is 0. The van der Waals surface area contributed by atoms with Crippen LogP contribution in [0.5, 0.6) is 0 Å². The average molecular weight is 617 g/mol. The van der Waals surface area contributed by atoms with Crippen LogP contribution in [-0.2, 0) is 0 Å². The molecule has 0 aliphatic heterocycles. The van der Waals surface area contributed by atoms with Gasteiger partial charge in [-0.1, -0.05) is 84.9 Å². The van der Waals surface area contributed by atoms with E-state index in [1.54, 1.807) is 0 Å². The van der Waals surface area contributed by atoms with Crippen LogP contribution >= 0.6 is 11.3 Å². The van der Waals surface area contributed by atoms with E-state index in [1.165, 1.54) is 59.3 Å². The molecule has 0 saturated carbocycles. The minimum absolute atomic E-state index is 0.835. The number of thiophene rings is 1. The SMILES string of the molecule is c1ccc(-c2nc3ccccc3nc2-n2c3ccccc3c3cc(-c4cc5c6ccccc6n6c7ccsc7c(c4)c56)ccc32)cc1. The Labute approximate surface area is 272 Å². The van der Waals surface area contributed by atoms with E-state index < -0.39 is 0 Å². The Morgan fingerprint density at radius 1 is 0.447 bits per heavy atom. The third-order valence-electron chi connectivity index (χ3n) is 9.72. The molecule has 5 aromatic heterocycles. The zero-order valence-electron chi connectivity index (χ0n) is 25.1. The van der Waals surface area contributed by atoms with Crippen LogP contribution < -0.4 is 0 Å². The van der Waals surface area contributed by atoms with Crippen LogP contribution in [0.2, 0.25) is 0 Å². The zero-order chi connectivity index (χ0) is 30.6. The van der Waals surface area contributed by atoms with E-state index >= 15 is 0 Å². The van der Waals surface area contributed by atoms with E-state index in [0.29, 0.717) is 0 Å². The summed E-state index contributed by atoms with van der Waals surface area (Å²) in [5, 5.41) is 8.52. The normalized spacial score (nSPS) is 12.3. The molecular formula is C42H24N4S. The maximum Gasteiger partial charge on any atom is 0.165 e. The fourth-order valence-electron chi connectivity index (χ4n) is 7.68. The molecule has 0 fully saturated rings. The van der Waals surface area contributed by atoms with Gasteiger partial charge in [0.25, 0.3) is 0 Å². The van der Waals surface area contributed by atoms with Crippen LogP contribution in [0.3, 0.4) is 0 Å². The Hall–Kier alpha value is -6.04. The van der Waals surface area contributed by atoms with Crippen LogP contribution in [-0.4, -0.2) is 18.9 Å². The largest absolute Gasteiger partial charge is 0.307 e. The molecule has 0 aliphatic rings. The lowest BCUT2D eigenvalue weighted by Crippen LogP contribution is -2.03.